The lowest BCUT2D eigenvalue weighted by Gasteiger charge is -2.28. The fourth-order valence-electron chi connectivity index (χ4n) is 2.55. The van der Waals surface area contributed by atoms with Crippen molar-refractivity contribution < 1.29 is 17.9 Å². The molecule has 1 aliphatic rings. The van der Waals surface area contributed by atoms with Gasteiger partial charge in [0, 0.05) is 17.6 Å². The van der Waals surface area contributed by atoms with Gasteiger partial charge in [0.15, 0.2) is 0 Å². The number of nitrogens with zero attached hydrogens (tertiary/aromatic N) is 1. The number of hydrogen-bond donors (Lipinski definition) is 0. The molecule has 1 heterocycles. The van der Waals surface area contributed by atoms with Crippen LogP contribution < -0.4 is 9.64 Å². The quantitative estimate of drug-likeness (QED) is 0.757. The third-order valence-corrected chi connectivity index (χ3v) is 3.42. The van der Waals surface area contributed by atoms with Gasteiger partial charge in [0.05, 0.1) is 0 Å². The predicted octanol–water partition coefficient (Wildman–Crippen LogP) is 5.18. The van der Waals surface area contributed by atoms with Crippen LogP contribution in [0.4, 0.5) is 24.5 Å². The minimum absolute atomic E-state index is 0.220. The van der Waals surface area contributed by atoms with Gasteiger partial charge in [0.2, 0.25) is 0 Å². The molecular weight excluding hydrogens is 291 g/mol. The first-order valence-corrected chi connectivity index (χ1v) is 6.83. The largest absolute Gasteiger partial charge is 0.573 e. The highest BCUT2D eigenvalue weighted by atomic mass is 19.4. The summed E-state index contributed by atoms with van der Waals surface area (Å²) < 4.78 is 40.5. The van der Waals surface area contributed by atoms with Gasteiger partial charge in [0.25, 0.3) is 0 Å². The van der Waals surface area contributed by atoms with E-state index in [0.29, 0.717) is 0 Å². The molecule has 2 nitrogen and oxygen atoms in total. The molecule has 0 bridgehead atoms. The average Bonchev–Trinajstić information content (AvgIpc) is 2.45. The summed E-state index contributed by atoms with van der Waals surface area (Å²) in [6.45, 7) is 2.03. The van der Waals surface area contributed by atoms with Crippen LogP contribution in [0.15, 0.2) is 60.3 Å². The van der Waals surface area contributed by atoms with Crippen LogP contribution in [0.2, 0.25) is 0 Å². The molecular formula is C17H14F3NO. The van der Waals surface area contributed by atoms with Crippen LogP contribution in [0.5, 0.6) is 5.75 Å². The lowest BCUT2D eigenvalue weighted by Crippen LogP contribution is -2.18. The molecule has 0 aromatic heterocycles. The Kier molecular flexibility index (Phi) is 3.56. The van der Waals surface area contributed by atoms with Crippen molar-refractivity contribution in [2.45, 2.75) is 19.7 Å². The molecule has 0 atom stereocenters. The minimum Gasteiger partial charge on any atom is -0.406 e. The Balaban J connectivity index is 1.92. The van der Waals surface area contributed by atoms with E-state index in [1.54, 1.807) is 12.1 Å². The van der Waals surface area contributed by atoms with Crippen LogP contribution in [0, 0.1) is 0 Å². The fraction of sp³-hybridized carbons (Fsp3) is 0.176. The summed E-state index contributed by atoms with van der Waals surface area (Å²) in [5, 5.41) is 0. The van der Waals surface area contributed by atoms with Crippen molar-refractivity contribution in [3.63, 3.8) is 0 Å². The van der Waals surface area contributed by atoms with Gasteiger partial charge in [-0.15, -0.1) is 13.2 Å². The molecule has 1 aliphatic heterocycles. The summed E-state index contributed by atoms with van der Waals surface area (Å²) in [5.74, 6) is -0.220. The molecule has 0 aliphatic carbocycles. The number of fused-ring (bicyclic) bond motifs is 1. The van der Waals surface area contributed by atoms with Gasteiger partial charge in [-0.05, 0) is 49.2 Å². The fourth-order valence-corrected chi connectivity index (χ4v) is 2.55. The van der Waals surface area contributed by atoms with Gasteiger partial charge in [-0.25, -0.2) is 0 Å². The Bertz CT molecular complexity index is 705. The molecule has 0 fully saturated rings. The first-order chi connectivity index (χ1) is 10.4. The molecule has 0 spiro atoms. The summed E-state index contributed by atoms with van der Waals surface area (Å²) in [6.07, 6.45) is -1.79. The van der Waals surface area contributed by atoms with Crippen molar-refractivity contribution in [1.82, 2.24) is 0 Å². The molecule has 22 heavy (non-hydrogen) atoms. The van der Waals surface area contributed by atoms with Crippen molar-refractivity contribution in [1.29, 1.82) is 0 Å². The number of halogens is 3. The first-order valence-electron chi connectivity index (χ1n) is 6.83. The van der Waals surface area contributed by atoms with Crippen LogP contribution in [-0.2, 0) is 6.42 Å². The van der Waals surface area contributed by atoms with E-state index in [-0.39, 0.29) is 5.75 Å². The van der Waals surface area contributed by atoms with Gasteiger partial charge >= 0.3 is 6.36 Å². The van der Waals surface area contributed by atoms with Crippen LogP contribution in [-0.4, -0.2) is 6.36 Å². The number of para-hydroxylation sites is 1. The van der Waals surface area contributed by atoms with E-state index in [1.807, 2.05) is 36.2 Å². The van der Waals surface area contributed by atoms with Crippen LogP contribution >= 0.6 is 0 Å². The monoisotopic (exact) mass is 305 g/mol. The number of ether oxygens (including phenoxy) is 1. The molecule has 0 unspecified atom stereocenters. The molecule has 0 N–H and O–H groups in total. The van der Waals surface area contributed by atoms with Crippen molar-refractivity contribution in [3.8, 4) is 5.75 Å². The highest BCUT2D eigenvalue weighted by Crippen LogP contribution is 2.35. The maximum Gasteiger partial charge on any atom is 0.573 e. The lowest BCUT2D eigenvalue weighted by molar-refractivity contribution is -0.274. The van der Waals surface area contributed by atoms with E-state index in [1.165, 1.54) is 23.3 Å². The zero-order valence-electron chi connectivity index (χ0n) is 11.9. The smallest absolute Gasteiger partial charge is 0.406 e. The number of anilines is 2. The van der Waals surface area contributed by atoms with Crippen molar-refractivity contribution in [2.75, 3.05) is 4.90 Å². The van der Waals surface area contributed by atoms with E-state index in [2.05, 4.69) is 10.8 Å². The topological polar surface area (TPSA) is 12.5 Å². The van der Waals surface area contributed by atoms with Gasteiger partial charge in [-0.2, -0.15) is 0 Å². The standard InChI is InChI=1S/C17H14F3NO/c1-12-10-13-4-2-3-5-16(13)21(11-12)14-6-8-15(9-7-14)22-17(18,19)20/h2-9,11H,10H2,1H3. The van der Waals surface area contributed by atoms with Crippen LogP contribution in [0.25, 0.3) is 0 Å². The van der Waals surface area contributed by atoms with E-state index in [4.69, 9.17) is 0 Å². The maximum absolute atomic E-state index is 12.2. The molecule has 114 valence electrons. The lowest BCUT2D eigenvalue weighted by atomic mass is 10.00. The van der Waals surface area contributed by atoms with Gasteiger partial charge in [-0.1, -0.05) is 23.8 Å². The SMILES string of the molecule is CC1=CN(c2ccc(OC(F)(F)F)cc2)c2ccccc2C1. The minimum atomic E-state index is -4.67. The van der Waals surface area contributed by atoms with E-state index >= 15 is 0 Å². The summed E-state index contributed by atoms with van der Waals surface area (Å²) in [7, 11) is 0. The Labute approximate surface area is 126 Å². The molecule has 0 radical (unpaired) electrons. The molecule has 0 amide bonds. The molecule has 0 saturated carbocycles. The van der Waals surface area contributed by atoms with Crippen LogP contribution in [0.3, 0.4) is 0 Å². The van der Waals surface area contributed by atoms with Crippen molar-refractivity contribution >= 4 is 11.4 Å². The van der Waals surface area contributed by atoms with Crippen molar-refractivity contribution in [2.24, 2.45) is 0 Å². The molecule has 2 aromatic carbocycles. The number of rotatable bonds is 2. The Morgan fingerprint density at radius 2 is 1.68 bits per heavy atom. The summed E-state index contributed by atoms with van der Waals surface area (Å²) in [4.78, 5) is 1.98. The normalized spacial score (nSPS) is 14.4. The Morgan fingerprint density at radius 1 is 1.00 bits per heavy atom. The molecule has 0 saturated heterocycles. The zero-order chi connectivity index (χ0) is 15.7. The molecule has 5 heteroatoms. The number of allylic oxidation sites excluding steroid dienone is 1. The van der Waals surface area contributed by atoms with E-state index in [0.717, 1.165) is 17.8 Å². The van der Waals surface area contributed by atoms with Gasteiger partial charge in [0.1, 0.15) is 5.75 Å². The zero-order valence-corrected chi connectivity index (χ0v) is 11.9. The molecule has 2 aromatic rings. The second kappa shape index (κ2) is 5.40. The number of benzene rings is 2. The van der Waals surface area contributed by atoms with Crippen molar-refractivity contribution in [3.05, 3.63) is 65.9 Å². The summed E-state index contributed by atoms with van der Waals surface area (Å²) in [5.41, 5.74) is 4.21. The highest BCUT2D eigenvalue weighted by molar-refractivity contribution is 5.71. The third kappa shape index (κ3) is 3.08. The second-order valence-electron chi connectivity index (χ2n) is 5.19. The van der Waals surface area contributed by atoms with E-state index in [9.17, 15) is 13.2 Å². The first kappa shape index (κ1) is 14.5. The van der Waals surface area contributed by atoms with E-state index < -0.39 is 6.36 Å². The number of alkyl halides is 3. The number of hydrogen-bond acceptors (Lipinski definition) is 2. The second-order valence-corrected chi connectivity index (χ2v) is 5.19. The highest BCUT2D eigenvalue weighted by Gasteiger charge is 2.31. The Hall–Kier alpha value is -2.43. The maximum atomic E-state index is 12.2. The van der Waals surface area contributed by atoms with Gasteiger partial charge < -0.3 is 9.64 Å². The summed E-state index contributed by atoms with van der Waals surface area (Å²) >= 11 is 0. The molecule has 3 rings (SSSR count). The Morgan fingerprint density at radius 3 is 2.36 bits per heavy atom. The van der Waals surface area contributed by atoms with Crippen LogP contribution in [0.1, 0.15) is 12.5 Å². The average molecular weight is 305 g/mol. The van der Waals surface area contributed by atoms with Gasteiger partial charge in [-0.3, -0.25) is 0 Å². The summed E-state index contributed by atoms with van der Waals surface area (Å²) in [6, 6.07) is 13.9. The predicted molar refractivity (Wildman–Crippen MR) is 79.2 cm³/mol. The third-order valence-electron chi connectivity index (χ3n) is 3.42.